The molecular weight excluding hydrogens is 272 g/mol. The highest BCUT2D eigenvalue weighted by atomic mass is 35.5. The molecule has 2 N–H and O–H groups in total. The van der Waals surface area contributed by atoms with Crippen molar-refractivity contribution in [2.24, 2.45) is 5.73 Å². The van der Waals surface area contributed by atoms with Gasteiger partial charge in [0, 0.05) is 24.3 Å². The summed E-state index contributed by atoms with van der Waals surface area (Å²) in [6.45, 7) is 4.43. The lowest BCUT2D eigenvalue weighted by atomic mass is 10.1. The van der Waals surface area contributed by atoms with Gasteiger partial charge in [0.25, 0.3) is 0 Å². The summed E-state index contributed by atoms with van der Waals surface area (Å²) in [6, 6.07) is 9.79. The van der Waals surface area contributed by atoms with Crippen LogP contribution in [0.4, 0.5) is 5.95 Å². The third kappa shape index (κ3) is 3.08. The quantitative estimate of drug-likeness (QED) is 0.940. The number of aromatic nitrogens is 2. The van der Waals surface area contributed by atoms with Gasteiger partial charge in [-0.15, -0.1) is 0 Å². The molecule has 4 nitrogen and oxygen atoms in total. The third-order valence-corrected chi connectivity index (χ3v) is 3.70. The number of halogens is 1. The SMILES string of the molecule is Cc1cc(CN)nc(N(C)C(C)c2ccccc2Cl)n1. The molecule has 1 atom stereocenters. The Kier molecular flexibility index (Phi) is 4.57. The van der Waals surface area contributed by atoms with Gasteiger partial charge in [0.15, 0.2) is 0 Å². The lowest BCUT2D eigenvalue weighted by molar-refractivity contribution is 0.708. The van der Waals surface area contributed by atoms with Crippen molar-refractivity contribution in [2.45, 2.75) is 26.4 Å². The van der Waals surface area contributed by atoms with Crippen molar-refractivity contribution in [3.8, 4) is 0 Å². The summed E-state index contributed by atoms with van der Waals surface area (Å²) in [7, 11) is 1.96. The Labute approximate surface area is 124 Å². The van der Waals surface area contributed by atoms with Crippen LogP contribution in [0.3, 0.4) is 0 Å². The molecule has 0 saturated carbocycles. The zero-order chi connectivity index (χ0) is 14.7. The van der Waals surface area contributed by atoms with Crippen molar-refractivity contribution in [3.63, 3.8) is 0 Å². The van der Waals surface area contributed by atoms with Crippen molar-refractivity contribution in [1.82, 2.24) is 9.97 Å². The highest BCUT2D eigenvalue weighted by Crippen LogP contribution is 2.28. The number of nitrogens with two attached hydrogens (primary N) is 1. The highest BCUT2D eigenvalue weighted by molar-refractivity contribution is 6.31. The van der Waals surface area contributed by atoms with E-state index in [2.05, 4.69) is 16.9 Å². The maximum absolute atomic E-state index is 6.25. The van der Waals surface area contributed by atoms with Crippen LogP contribution in [0.2, 0.25) is 5.02 Å². The molecule has 0 aliphatic rings. The Morgan fingerprint density at radius 1 is 1.30 bits per heavy atom. The molecule has 2 aromatic rings. The van der Waals surface area contributed by atoms with Gasteiger partial charge >= 0.3 is 0 Å². The lowest BCUT2D eigenvalue weighted by Gasteiger charge is -2.26. The van der Waals surface area contributed by atoms with E-state index in [4.69, 9.17) is 17.3 Å². The first-order valence-electron chi connectivity index (χ1n) is 6.54. The Morgan fingerprint density at radius 3 is 2.65 bits per heavy atom. The summed E-state index contributed by atoms with van der Waals surface area (Å²) in [4.78, 5) is 11.0. The van der Waals surface area contributed by atoms with Gasteiger partial charge in [0.2, 0.25) is 5.95 Å². The number of aryl methyl sites for hydroxylation is 1. The molecule has 0 aliphatic heterocycles. The number of hydrogen-bond donors (Lipinski definition) is 1. The zero-order valence-electron chi connectivity index (χ0n) is 12.0. The first kappa shape index (κ1) is 14.8. The Hall–Kier alpha value is -1.65. The molecule has 1 heterocycles. The lowest BCUT2D eigenvalue weighted by Crippen LogP contribution is -2.25. The van der Waals surface area contributed by atoms with Crippen LogP contribution < -0.4 is 10.6 Å². The van der Waals surface area contributed by atoms with Gasteiger partial charge in [0.1, 0.15) is 0 Å². The van der Waals surface area contributed by atoms with Gasteiger partial charge in [-0.2, -0.15) is 0 Å². The molecule has 0 saturated heterocycles. The van der Waals surface area contributed by atoms with Gasteiger partial charge in [-0.1, -0.05) is 29.8 Å². The Bertz CT molecular complexity index is 600. The van der Waals surface area contributed by atoms with Crippen molar-refractivity contribution in [2.75, 3.05) is 11.9 Å². The molecule has 1 unspecified atom stereocenters. The van der Waals surface area contributed by atoms with Crippen molar-refractivity contribution >= 4 is 17.5 Å². The van der Waals surface area contributed by atoms with E-state index in [1.54, 1.807) is 0 Å². The maximum atomic E-state index is 6.25. The van der Waals surface area contributed by atoms with Crippen LogP contribution in [0.25, 0.3) is 0 Å². The largest absolute Gasteiger partial charge is 0.337 e. The van der Waals surface area contributed by atoms with E-state index < -0.39 is 0 Å². The van der Waals surface area contributed by atoms with Crippen LogP contribution in [-0.2, 0) is 6.54 Å². The summed E-state index contributed by atoms with van der Waals surface area (Å²) >= 11 is 6.25. The fourth-order valence-corrected chi connectivity index (χ4v) is 2.37. The number of anilines is 1. The Balaban J connectivity index is 2.33. The zero-order valence-corrected chi connectivity index (χ0v) is 12.7. The predicted octanol–water partition coefficient (Wildman–Crippen LogP) is 3.09. The van der Waals surface area contributed by atoms with Crippen LogP contribution in [0.1, 0.15) is 29.9 Å². The smallest absolute Gasteiger partial charge is 0.226 e. The van der Waals surface area contributed by atoms with E-state index in [1.807, 2.05) is 49.2 Å². The molecule has 0 bridgehead atoms. The van der Waals surface area contributed by atoms with E-state index in [1.165, 1.54) is 0 Å². The maximum Gasteiger partial charge on any atom is 0.226 e. The standard InChI is InChI=1S/C15H19ClN4/c1-10-8-12(9-17)19-15(18-10)20(3)11(2)13-6-4-5-7-14(13)16/h4-8,11H,9,17H2,1-3H3. The summed E-state index contributed by atoms with van der Waals surface area (Å²) in [5.74, 6) is 0.665. The first-order valence-corrected chi connectivity index (χ1v) is 6.92. The van der Waals surface area contributed by atoms with E-state index in [0.29, 0.717) is 12.5 Å². The summed E-state index contributed by atoms with van der Waals surface area (Å²) in [5, 5.41) is 0.749. The number of nitrogens with zero attached hydrogens (tertiary/aromatic N) is 3. The van der Waals surface area contributed by atoms with Gasteiger partial charge in [0.05, 0.1) is 11.7 Å². The van der Waals surface area contributed by atoms with Crippen LogP contribution in [0.5, 0.6) is 0 Å². The summed E-state index contributed by atoms with van der Waals surface area (Å²) in [6.07, 6.45) is 0. The van der Waals surface area contributed by atoms with Crippen molar-refractivity contribution in [1.29, 1.82) is 0 Å². The number of rotatable bonds is 4. The molecule has 0 spiro atoms. The molecule has 5 heteroatoms. The molecular formula is C15H19ClN4. The third-order valence-electron chi connectivity index (χ3n) is 3.36. The minimum atomic E-state index is 0.0797. The van der Waals surface area contributed by atoms with Gasteiger partial charge < -0.3 is 10.6 Å². The summed E-state index contributed by atoms with van der Waals surface area (Å²) < 4.78 is 0. The Morgan fingerprint density at radius 2 is 2.00 bits per heavy atom. The molecule has 20 heavy (non-hydrogen) atoms. The average molecular weight is 291 g/mol. The molecule has 0 radical (unpaired) electrons. The number of hydrogen-bond acceptors (Lipinski definition) is 4. The van der Waals surface area contributed by atoms with Crippen LogP contribution >= 0.6 is 11.6 Å². The van der Waals surface area contributed by atoms with Crippen LogP contribution in [0, 0.1) is 6.92 Å². The van der Waals surface area contributed by atoms with E-state index in [-0.39, 0.29) is 6.04 Å². The van der Waals surface area contributed by atoms with Crippen molar-refractivity contribution in [3.05, 3.63) is 52.3 Å². The average Bonchev–Trinajstić information content (AvgIpc) is 2.45. The minimum Gasteiger partial charge on any atom is -0.337 e. The van der Waals surface area contributed by atoms with Crippen molar-refractivity contribution < 1.29 is 0 Å². The second-order valence-corrected chi connectivity index (χ2v) is 5.22. The number of benzene rings is 1. The molecule has 0 aliphatic carbocycles. The van der Waals surface area contributed by atoms with E-state index in [9.17, 15) is 0 Å². The van der Waals surface area contributed by atoms with Gasteiger partial charge in [-0.05, 0) is 31.5 Å². The molecule has 0 fully saturated rings. The molecule has 106 valence electrons. The highest BCUT2D eigenvalue weighted by Gasteiger charge is 2.17. The molecule has 1 aromatic carbocycles. The fourth-order valence-electron chi connectivity index (χ4n) is 2.07. The second-order valence-electron chi connectivity index (χ2n) is 4.81. The second kappa shape index (κ2) is 6.20. The predicted molar refractivity (Wildman–Crippen MR) is 82.9 cm³/mol. The fraction of sp³-hybridized carbons (Fsp3) is 0.333. The molecule has 1 aromatic heterocycles. The topological polar surface area (TPSA) is 55.0 Å². The summed E-state index contributed by atoms with van der Waals surface area (Å²) in [5.41, 5.74) is 8.47. The monoisotopic (exact) mass is 290 g/mol. The minimum absolute atomic E-state index is 0.0797. The van der Waals surface area contributed by atoms with Gasteiger partial charge in [-0.3, -0.25) is 0 Å². The first-order chi connectivity index (χ1) is 9.52. The molecule has 0 amide bonds. The van der Waals surface area contributed by atoms with Crippen LogP contribution in [-0.4, -0.2) is 17.0 Å². The van der Waals surface area contributed by atoms with E-state index >= 15 is 0 Å². The van der Waals surface area contributed by atoms with E-state index in [0.717, 1.165) is 22.0 Å². The van der Waals surface area contributed by atoms with Gasteiger partial charge in [-0.25, -0.2) is 9.97 Å². The van der Waals surface area contributed by atoms with Crippen LogP contribution in [0.15, 0.2) is 30.3 Å². The normalized spacial score (nSPS) is 12.2. The molecule has 2 rings (SSSR count).